The van der Waals surface area contributed by atoms with Crippen molar-refractivity contribution in [3.63, 3.8) is 0 Å². The van der Waals surface area contributed by atoms with Crippen molar-refractivity contribution in [2.45, 2.75) is 50.9 Å². The highest BCUT2D eigenvalue weighted by Crippen LogP contribution is 2.29. The summed E-state index contributed by atoms with van der Waals surface area (Å²) in [7, 11) is 6.00. The van der Waals surface area contributed by atoms with Gasteiger partial charge in [0.05, 0.1) is 0 Å². The van der Waals surface area contributed by atoms with E-state index in [0.29, 0.717) is 6.04 Å². The second-order valence-electron chi connectivity index (χ2n) is 6.66. The average molecular weight is 476 g/mol. The molecule has 0 aliphatic heterocycles. The summed E-state index contributed by atoms with van der Waals surface area (Å²) < 4.78 is 0. The first-order valence-corrected chi connectivity index (χ1v) is 9.94. The summed E-state index contributed by atoms with van der Waals surface area (Å²) in [5, 5.41) is 7.87. The molecule has 2 unspecified atom stereocenters. The predicted molar refractivity (Wildman–Crippen MR) is 124 cm³/mol. The Morgan fingerprint density at radius 3 is 2.68 bits per heavy atom. The number of aliphatic imine (C=N–C) groups is 1. The number of hydrogen-bond donors (Lipinski definition) is 2. The van der Waals surface area contributed by atoms with Crippen LogP contribution in [-0.2, 0) is 6.54 Å². The molecule has 6 heteroatoms. The van der Waals surface area contributed by atoms with Crippen LogP contribution in [0.4, 0.5) is 5.69 Å². The van der Waals surface area contributed by atoms with Crippen molar-refractivity contribution in [2.24, 2.45) is 4.99 Å². The maximum Gasteiger partial charge on any atom is 0.191 e. The van der Waals surface area contributed by atoms with Crippen LogP contribution in [0.25, 0.3) is 0 Å². The minimum atomic E-state index is 0. The van der Waals surface area contributed by atoms with Crippen LogP contribution in [0, 0.1) is 6.92 Å². The molecule has 1 aromatic rings. The van der Waals surface area contributed by atoms with Crippen LogP contribution < -0.4 is 15.5 Å². The minimum Gasteiger partial charge on any atom is -0.378 e. The van der Waals surface area contributed by atoms with Crippen molar-refractivity contribution < 1.29 is 0 Å². The third kappa shape index (κ3) is 6.89. The van der Waals surface area contributed by atoms with E-state index in [1.54, 1.807) is 0 Å². The lowest BCUT2D eigenvalue weighted by Gasteiger charge is -2.19. The average Bonchev–Trinajstić information content (AvgIpc) is 2.99. The van der Waals surface area contributed by atoms with Gasteiger partial charge in [-0.2, -0.15) is 11.8 Å². The number of anilines is 1. The summed E-state index contributed by atoms with van der Waals surface area (Å²) in [6.07, 6.45) is 3.81. The number of thioether (sulfide) groups is 1. The Hall–Kier alpha value is -0.630. The highest BCUT2D eigenvalue weighted by atomic mass is 127. The van der Waals surface area contributed by atoms with Crippen LogP contribution in [-0.4, -0.2) is 44.1 Å². The van der Waals surface area contributed by atoms with Crippen LogP contribution in [0.3, 0.4) is 0 Å². The molecule has 1 fully saturated rings. The van der Waals surface area contributed by atoms with E-state index < -0.39 is 0 Å². The van der Waals surface area contributed by atoms with Crippen molar-refractivity contribution in [1.29, 1.82) is 0 Å². The zero-order valence-corrected chi connectivity index (χ0v) is 19.3. The molecule has 0 bridgehead atoms. The topological polar surface area (TPSA) is 39.7 Å². The summed E-state index contributed by atoms with van der Waals surface area (Å²) in [5.74, 6) is 2.13. The first-order valence-electron chi connectivity index (χ1n) is 8.89. The van der Waals surface area contributed by atoms with Crippen LogP contribution >= 0.6 is 35.7 Å². The SMILES string of the molecule is CCSC1CCC(NC(=NC)NCc2ccc(N(C)C)cc2C)C1.I. The molecule has 0 saturated heterocycles. The molecule has 2 rings (SSSR count). The Balaban J connectivity index is 0.00000312. The lowest BCUT2D eigenvalue weighted by Crippen LogP contribution is -2.42. The fourth-order valence-corrected chi connectivity index (χ4v) is 4.32. The molecule has 1 aliphatic rings. The first-order chi connectivity index (χ1) is 11.5. The molecule has 1 saturated carbocycles. The minimum absolute atomic E-state index is 0. The molecule has 0 amide bonds. The lowest BCUT2D eigenvalue weighted by molar-refractivity contribution is 0.614. The van der Waals surface area contributed by atoms with Gasteiger partial charge in [0.25, 0.3) is 0 Å². The summed E-state index contributed by atoms with van der Waals surface area (Å²) >= 11 is 2.09. The van der Waals surface area contributed by atoms with E-state index >= 15 is 0 Å². The highest BCUT2D eigenvalue weighted by Gasteiger charge is 2.25. The van der Waals surface area contributed by atoms with E-state index in [0.717, 1.165) is 17.8 Å². The molecule has 4 nitrogen and oxygen atoms in total. The van der Waals surface area contributed by atoms with Crippen molar-refractivity contribution in [3.8, 4) is 0 Å². The molecule has 1 aliphatic carbocycles. The molecule has 25 heavy (non-hydrogen) atoms. The highest BCUT2D eigenvalue weighted by molar-refractivity contribution is 14.0. The van der Waals surface area contributed by atoms with Crippen molar-refractivity contribution in [3.05, 3.63) is 29.3 Å². The normalized spacial score (nSPS) is 20.1. The Labute approximate surface area is 174 Å². The van der Waals surface area contributed by atoms with Crippen LogP contribution in [0.1, 0.15) is 37.3 Å². The van der Waals surface area contributed by atoms with Gasteiger partial charge in [0.2, 0.25) is 0 Å². The van der Waals surface area contributed by atoms with Gasteiger partial charge in [-0.05, 0) is 55.2 Å². The van der Waals surface area contributed by atoms with Gasteiger partial charge < -0.3 is 15.5 Å². The molecule has 2 atom stereocenters. The van der Waals surface area contributed by atoms with Crippen LogP contribution in [0.15, 0.2) is 23.2 Å². The third-order valence-corrected chi connectivity index (χ3v) is 5.87. The molecule has 2 N–H and O–H groups in total. The van der Waals surface area contributed by atoms with Gasteiger partial charge in [-0.25, -0.2) is 0 Å². The molecular formula is C19H33IN4S. The molecule has 0 aromatic heterocycles. The predicted octanol–water partition coefficient (Wildman–Crippen LogP) is 4.02. The van der Waals surface area contributed by atoms with Crippen molar-refractivity contribution in [2.75, 3.05) is 31.8 Å². The van der Waals surface area contributed by atoms with Gasteiger partial charge >= 0.3 is 0 Å². The van der Waals surface area contributed by atoms with E-state index in [-0.39, 0.29) is 24.0 Å². The van der Waals surface area contributed by atoms with Gasteiger partial charge in [0.1, 0.15) is 0 Å². The Kier molecular flexibility index (Phi) is 10.0. The smallest absolute Gasteiger partial charge is 0.191 e. The Morgan fingerprint density at radius 1 is 1.32 bits per heavy atom. The Bertz CT molecular complexity index is 562. The standard InChI is InChI=1S/C19H32N4S.HI/c1-6-24-18-10-8-16(12-18)22-19(20-3)21-13-15-7-9-17(23(4)5)11-14(15)2;/h7,9,11,16,18H,6,8,10,12-13H2,1-5H3,(H2,20,21,22);1H. The molecule has 0 spiro atoms. The second-order valence-corrected chi connectivity index (χ2v) is 8.24. The molecule has 1 aromatic carbocycles. The summed E-state index contributed by atoms with van der Waals surface area (Å²) in [6.45, 7) is 5.22. The van der Waals surface area contributed by atoms with E-state index in [1.807, 2.05) is 7.05 Å². The van der Waals surface area contributed by atoms with Gasteiger partial charge in [-0.3, -0.25) is 4.99 Å². The van der Waals surface area contributed by atoms with E-state index in [1.165, 1.54) is 41.8 Å². The van der Waals surface area contributed by atoms with Crippen LogP contribution in [0.5, 0.6) is 0 Å². The van der Waals surface area contributed by atoms with Gasteiger partial charge in [-0.1, -0.05) is 13.0 Å². The van der Waals surface area contributed by atoms with Crippen LogP contribution in [0.2, 0.25) is 0 Å². The number of rotatable bonds is 6. The summed E-state index contributed by atoms with van der Waals surface area (Å²) in [4.78, 5) is 6.53. The second kappa shape index (κ2) is 11.2. The van der Waals surface area contributed by atoms with Gasteiger partial charge in [0.15, 0.2) is 5.96 Å². The zero-order valence-electron chi connectivity index (χ0n) is 16.1. The maximum absolute atomic E-state index is 4.39. The van der Waals surface area contributed by atoms with Gasteiger partial charge in [0, 0.05) is 44.7 Å². The lowest BCUT2D eigenvalue weighted by atomic mass is 10.1. The quantitative estimate of drug-likeness (QED) is 0.370. The van der Waals surface area contributed by atoms with E-state index in [9.17, 15) is 0 Å². The molecular weight excluding hydrogens is 443 g/mol. The monoisotopic (exact) mass is 476 g/mol. The fraction of sp³-hybridized carbons (Fsp3) is 0.632. The van der Waals surface area contributed by atoms with Gasteiger partial charge in [-0.15, -0.1) is 24.0 Å². The number of aryl methyl sites for hydroxylation is 1. The maximum atomic E-state index is 4.39. The molecule has 142 valence electrons. The third-order valence-electron chi connectivity index (χ3n) is 4.64. The van der Waals surface area contributed by atoms with Crippen molar-refractivity contribution >= 4 is 47.4 Å². The van der Waals surface area contributed by atoms with Crippen molar-refractivity contribution in [1.82, 2.24) is 10.6 Å². The molecule has 0 radical (unpaired) electrons. The number of benzene rings is 1. The number of guanidine groups is 1. The van der Waals surface area contributed by atoms with E-state index in [2.05, 4.69) is 78.4 Å². The fourth-order valence-electron chi connectivity index (χ4n) is 3.18. The zero-order chi connectivity index (χ0) is 17.5. The largest absolute Gasteiger partial charge is 0.378 e. The number of nitrogens with one attached hydrogen (secondary N) is 2. The number of halogens is 1. The van der Waals surface area contributed by atoms with E-state index in [4.69, 9.17) is 0 Å². The molecule has 0 heterocycles. The number of nitrogens with zero attached hydrogens (tertiary/aromatic N) is 2. The summed E-state index contributed by atoms with van der Waals surface area (Å²) in [6, 6.07) is 7.16. The first kappa shape index (κ1) is 22.4. The summed E-state index contributed by atoms with van der Waals surface area (Å²) in [5.41, 5.74) is 3.86. The number of hydrogen-bond acceptors (Lipinski definition) is 3. The Morgan fingerprint density at radius 2 is 2.08 bits per heavy atom.